The van der Waals surface area contributed by atoms with Gasteiger partial charge in [-0.25, -0.2) is 13.9 Å². The molecule has 2 aromatic heterocycles. The number of hydrogen-bond acceptors (Lipinski definition) is 3. The van der Waals surface area contributed by atoms with E-state index in [-0.39, 0.29) is 11.6 Å². The number of rotatable bonds is 4. The number of aromatic nitrogens is 3. The van der Waals surface area contributed by atoms with Gasteiger partial charge in [-0.05, 0) is 55.3 Å². The molecule has 6 heteroatoms. The first-order valence-corrected chi connectivity index (χ1v) is 10.6. The molecular formula is C27H21FN4O. The Kier molecular flexibility index (Phi) is 5.18. The Bertz CT molecular complexity index is 1490. The highest BCUT2D eigenvalue weighted by Crippen LogP contribution is 2.26. The zero-order valence-corrected chi connectivity index (χ0v) is 18.2. The van der Waals surface area contributed by atoms with Crippen LogP contribution in [-0.4, -0.2) is 20.5 Å². The van der Waals surface area contributed by atoms with Crippen molar-refractivity contribution in [3.05, 3.63) is 108 Å². The number of nitrogens with zero attached hydrogens (tertiary/aromatic N) is 3. The van der Waals surface area contributed by atoms with E-state index in [4.69, 9.17) is 0 Å². The van der Waals surface area contributed by atoms with Crippen LogP contribution in [0.1, 0.15) is 21.6 Å². The Hall–Kier alpha value is -4.32. The zero-order valence-electron chi connectivity index (χ0n) is 18.2. The van der Waals surface area contributed by atoms with Crippen LogP contribution in [-0.2, 0) is 0 Å². The molecule has 2 heterocycles. The number of aryl methyl sites for hydroxylation is 2. The molecule has 5 rings (SSSR count). The summed E-state index contributed by atoms with van der Waals surface area (Å²) >= 11 is 0. The highest BCUT2D eigenvalue weighted by atomic mass is 19.1. The van der Waals surface area contributed by atoms with E-state index in [0.29, 0.717) is 28.3 Å². The quantitative estimate of drug-likeness (QED) is 0.372. The maximum absolute atomic E-state index is 14.5. The fourth-order valence-corrected chi connectivity index (χ4v) is 3.71. The Morgan fingerprint density at radius 1 is 0.848 bits per heavy atom. The molecule has 0 atom stereocenters. The molecule has 5 aromatic rings. The number of carbonyl (C=O) groups excluding carboxylic acids is 1. The molecule has 0 saturated heterocycles. The van der Waals surface area contributed by atoms with Gasteiger partial charge in [-0.2, -0.15) is 5.10 Å². The predicted octanol–water partition coefficient (Wildman–Crippen LogP) is 6.07. The maximum Gasteiger partial charge on any atom is 0.274 e. The molecule has 0 aliphatic heterocycles. The van der Waals surface area contributed by atoms with Gasteiger partial charge in [0.15, 0.2) is 5.65 Å². The third-order valence-electron chi connectivity index (χ3n) is 5.64. The van der Waals surface area contributed by atoms with Gasteiger partial charge in [0.25, 0.3) is 5.91 Å². The van der Waals surface area contributed by atoms with Gasteiger partial charge in [-0.3, -0.25) is 4.79 Å². The number of benzene rings is 3. The normalized spacial score (nSPS) is 11.0. The summed E-state index contributed by atoms with van der Waals surface area (Å²) < 4.78 is 16.0. The lowest BCUT2D eigenvalue weighted by atomic mass is 10.1. The van der Waals surface area contributed by atoms with Gasteiger partial charge in [0.1, 0.15) is 11.5 Å². The predicted molar refractivity (Wildman–Crippen MR) is 128 cm³/mol. The SMILES string of the molecule is Cc1ccc(NC(=O)c2cc(-c3ccccc3F)nc3cc(-c4ccccc4)nn23)cc1C. The van der Waals surface area contributed by atoms with E-state index in [0.717, 1.165) is 16.7 Å². The van der Waals surface area contributed by atoms with E-state index in [2.05, 4.69) is 15.4 Å². The summed E-state index contributed by atoms with van der Waals surface area (Å²) in [6, 6.07) is 25.1. The van der Waals surface area contributed by atoms with Crippen molar-refractivity contribution in [3.8, 4) is 22.5 Å². The molecule has 0 aliphatic rings. The number of amides is 1. The minimum Gasteiger partial charge on any atom is -0.321 e. The summed E-state index contributed by atoms with van der Waals surface area (Å²) in [4.78, 5) is 18.0. The number of nitrogens with one attached hydrogen (secondary N) is 1. The molecule has 1 amide bonds. The average molecular weight is 436 g/mol. The molecule has 0 saturated carbocycles. The fraction of sp³-hybridized carbons (Fsp3) is 0.0741. The molecule has 33 heavy (non-hydrogen) atoms. The lowest BCUT2D eigenvalue weighted by Crippen LogP contribution is -2.17. The topological polar surface area (TPSA) is 59.3 Å². The van der Waals surface area contributed by atoms with Crippen molar-refractivity contribution in [2.45, 2.75) is 13.8 Å². The van der Waals surface area contributed by atoms with Crippen molar-refractivity contribution in [1.29, 1.82) is 0 Å². The number of anilines is 1. The van der Waals surface area contributed by atoms with E-state index in [9.17, 15) is 9.18 Å². The third-order valence-corrected chi connectivity index (χ3v) is 5.64. The molecule has 0 fully saturated rings. The van der Waals surface area contributed by atoms with Crippen molar-refractivity contribution in [3.63, 3.8) is 0 Å². The van der Waals surface area contributed by atoms with Gasteiger partial charge in [-0.1, -0.05) is 48.5 Å². The van der Waals surface area contributed by atoms with E-state index in [1.165, 1.54) is 10.6 Å². The Morgan fingerprint density at radius 2 is 1.61 bits per heavy atom. The highest BCUT2D eigenvalue weighted by Gasteiger charge is 2.19. The van der Waals surface area contributed by atoms with E-state index in [1.54, 1.807) is 30.3 Å². The standard InChI is InChI=1S/C27H21FN4O/c1-17-12-13-20(14-18(17)2)29-27(33)25-15-24(21-10-6-7-11-22(21)28)30-26-16-23(31-32(25)26)19-8-4-3-5-9-19/h3-16H,1-2H3,(H,29,33). The lowest BCUT2D eigenvalue weighted by Gasteiger charge is -2.11. The lowest BCUT2D eigenvalue weighted by molar-refractivity contribution is 0.102. The van der Waals surface area contributed by atoms with Gasteiger partial charge in [0, 0.05) is 22.9 Å². The fourth-order valence-electron chi connectivity index (χ4n) is 3.71. The summed E-state index contributed by atoms with van der Waals surface area (Å²) in [5.41, 5.74) is 5.87. The van der Waals surface area contributed by atoms with Gasteiger partial charge in [-0.15, -0.1) is 0 Å². The molecule has 0 bridgehead atoms. The second-order valence-electron chi connectivity index (χ2n) is 7.93. The van der Waals surface area contributed by atoms with Crippen LogP contribution in [0.3, 0.4) is 0 Å². The molecule has 5 nitrogen and oxygen atoms in total. The van der Waals surface area contributed by atoms with Crippen LogP contribution in [0.2, 0.25) is 0 Å². The Labute approximate surface area is 190 Å². The van der Waals surface area contributed by atoms with Crippen LogP contribution < -0.4 is 5.32 Å². The molecule has 162 valence electrons. The number of hydrogen-bond donors (Lipinski definition) is 1. The smallest absolute Gasteiger partial charge is 0.274 e. The molecule has 0 unspecified atom stereocenters. The second kappa shape index (κ2) is 8.31. The largest absolute Gasteiger partial charge is 0.321 e. The Morgan fingerprint density at radius 3 is 2.36 bits per heavy atom. The molecule has 0 radical (unpaired) electrons. The van der Waals surface area contributed by atoms with Crippen LogP contribution >= 0.6 is 0 Å². The van der Waals surface area contributed by atoms with Gasteiger partial charge in [0.05, 0.1) is 11.4 Å². The number of fused-ring (bicyclic) bond motifs is 1. The van der Waals surface area contributed by atoms with Gasteiger partial charge < -0.3 is 5.32 Å². The summed E-state index contributed by atoms with van der Waals surface area (Å²) in [7, 11) is 0. The molecule has 1 N–H and O–H groups in total. The first kappa shape index (κ1) is 20.6. The summed E-state index contributed by atoms with van der Waals surface area (Å²) in [6.07, 6.45) is 0. The van der Waals surface area contributed by atoms with Crippen LogP contribution in [0.5, 0.6) is 0 Å². The third kappa shape index (κ3) is 3.99. The van der Waals surface area contributed by atoms with Crippen molar-refractivity contribution >= 4 is 17.2 Å². The van der Waals surface area contributed by atoms with E-state index in [1.807, 2.05) is 62.4 Å². The molecular weight excluding hydrogens is 415 g/mol. The highest BCUT2D eigenvalue weighted by molar-refractivity contribution is 6.04. The van der Waals surface area contributed by atoms with Crippen LogP contribution in [0, 0.1) is 19.7 Å². The summed E-state index contributed by atoms with van der Waals surface area (Å²) in [5.74, 6) is -0.761. The molecule has 0 aliphatic carbocycles. The zero-order chi connectivity index (χ0) is 22.9. The summed E-state index contributed by atoms with van der Waals surface area (Å²) in [5, 5.41) is 7.57. The minimum absolute atomic E-state index is 0.263. The first-order valence-electron chi connectivity index (χ1n) is 10.6. The van der Waals surface area contributed by atoms with Gasteiger partial charge >= 0.3 is 0 Å². The molecule has 0 spiro atoms. The maximum atomic E-state index is 14.5. The van der Waals surface area contributed by atoms with Crippen molar-refractivity contribution < 1.29 is 9.18 Å². The molecule has 3 aromatic carbocycles. The second-order valence-corrected chi connectivity index (χ2v) is 7.93. The summed E-state index contributed by atoms with van der Waals surface area (Å²) in [6.45, 7) is 4.01. The van der Waals surface area contributed by atoms with E-state index >= 15 is 0 Å². The average Bonchev–Trinajstić information content (AvgIpc) is 3.26. The number of carbonyl (C=O) groups is 1. The van der Waals surface area contributed by atoms with Crippen LogP contribution in [0.25, 0.3) is 28.2 Å². The minimum atomic E-state index is -0.405. The van der Waals surface area contributed by atoms with Crippen LogP contribution in [0.4, 0.5) is 10.1 Å². The van der Waals surface area contributed by atoms with Crippen molar-refractivity contribution in [1.82, 2.24) is 14.6 Å². The van der Waals surface area contributed by atoms with E-state index < -0.39 is 5.82 Å². The van der Waals surface area contributed by atoms with Crippen LogP contribution in [0.15, 0.2) is 84.9 Å². The first-order chi connectivity index (χ1) is 16.0. The van der Waals surface area contributed by atoms with Crippen molar-refractivity contribution in [2.75, 3.05) is 5.32 Å². The number of halogens is 1. The monoisotopic (exact) mass is 436 g/mol. The van der Waals surface area contributed by atoms with Crippen molar-refractivity contribution in [2.24, 2.45) is 0 Å². The van der Waals surface area contributed by atoms with Gasteiger partial charge in [0.2, 0.25) is 0 Å². The Balaban J connectivity index is 1.65.